The van der Waals surface area contributed by atoms with Crippen LogP contribution in [-0.2, 0) is 9.59 Å². The molecule has 0 spiro atoms. The van der Waals surface area contributed by atoms with E-state index < -0.39 is 5.97 Å². The monoisotopic (exact) mass is 184 g/mol. The quantitative estimate of drug-likeness (QED) is 0.642. The van der Waals surface area contributed by atoms with E-state index in [4.69, 9.17) is 5.11 Å². The Morgan fingerprint density at radius 1 is 1.38 bits per heavy atom. The number of allylic oxidation sites excluding steroid dienone is 1. The smallest absolute Gasteiger partial charge is 0.304 e. The van der Waals surface area contributed by atoms with Crippen LogP contribution in [0.25, 0.3) is 0 Å². The van der Waals surface area contributed by atoms with E-state index in [2.05, 4.69) is 6.58 Å². The maximum absolute atomic E-state index is 11.3. The number of rotatable bonds is 6. The number of Topliss-reactive ketones (excluding diaryl/α,β-unsaturated/α-hetero) is 1. The van der Waals surface area contributed by atoms with Gasteiger partial charge in [-0.2, -0.15) is 0 Å². The molecule has 3 nitrogen and oxygen atoms in total. The Labute approximate surface area is 78.5 Å². The molecule has 3 heteroatoms. The Bertz CT molecular complexity index is 218. The number of carboxylic acids is 1. The summed E-state index contributed by atoms with van der Waals surface area (Å²) in [4.78, 5) is 21.6. The van der Waals surface area contributed by atoms with Crippen LogP contribution < -0.4 is 0 Å². The lowest BCUT2D eigenvalue weighted by Crippen LogP contribution is -2.14. The molecule has 0 bridgehead atoms. The fourth-order valence-corrected chi connectivity index (χ4v) is 0.959. The van der Waals surface area contributed by atoms with Gasteiger partial charge in [-0.25, -0.2) is 0 Å². The number of carbonyl (C=O) groups is 2. The van der Waals surface area contributed by atoms with Crippen molar-refractivity contribution in [2.75, 3.05) is 0 Å². The number of hydrogen-bond acceptors (Lipinski definition) is 2. The van der Waals surface area contributed by atoms with E-state index in [1.54, 1.807) is 6.92 Å². The minimum absolute atomic E-state index is 0.00500. The predicted molar refractivity (Wildman–Crippen MR) is 50.5 cm³/mol. The van der Waals surface area contributed by atoms with Crippen LogP contribution in [0.4, 0.5) is 0 Å². The molecule has 1 unspecified atom stereocenters. The van der Waals surface area contributed by atoms with Crippen molar-refractivity contribution in [3.05, 3.63) is 12.2 Å². The maximum Gasteiger partial charge on any atom is 0.304 e. The molecule has 0 saturated carbocycles. The SMILES string of the molecule is C=C(C)CCC(=O)C(C)CC(=O)O. The fraction of sp³-hybridized carbons (Fsp3) is 0.600. The normalized spacial score (nSPS) is 12.2. The van der Waals surface area contributed by atoms with Crippen molar-refractivity contribution in [2.45, 2.75) is 33.1 Å². The van der Waals surface area contributed by atoms with Crippen molar-refractivity contribution >= 4 is 11.8 Å². The Balaban J connectivity index is 3.82. The van der Waals surface area contributed by atoms with Gasteiger partial charge in [0.1, 0.15) is 5.78 Å². The summed E-state index contributed by atoms with van der Waals surface area (Å²) in [5.74, 6) is -1.29. The summed E-state index contributed by atoms with van der Waals surface area (Å²) in [6, 6.07) is 0. The summed E-state index contributed by atoms with van der Waals surface area (Å²) in [6.45, 7) is 7.18. The van der Waals surface area contributed by atoms with Crippen LogP contribution in [0.1, 0.15) is 33.1 Å². The first kappa shape index (κ1) is 11.9. The summed E-state index contributed by atoms with van der Waals surface area (Å²) in [6.07, 6.45) is 0.988. The number of hydrogen-bond donors (Lipinski definition) is 1. The number of aliphatic carboxylic acids is 1. The molecule has 0 fully saturated rings. The molecule has 0 rings (SSSR count). The third-order valence-electron chi connectivity index (χ3n) is 1.83. The van der Waals surface area contributed by atoms with Gasteiger partial charge in [-0.1, -0.05) is 12.5 Å². The van der Waals surface area contributed by atoms with Gasteiger partial charge in [0, 0.05) is 12.3 Å². The molecule has 13 heavy (non-hydrogen) atoms. The number of carbonyl (C=O) groups excluding carboxylic acids is 1. The largest absolute Gasteiger partial charge is 0.481 e. The van der Waals surface area contributed by atoms with Crippen LogP contribution >= 0.6 is 0 Å². The maximum atomic E-state index is 11.3. The van der Waals surface area contributed by atoms with Crippen molar-refractivity contribution in [3.63, 3.8) is 0 Å². The number of ketones is 1. The molecular formula is C10H16O3. The van der Waals surface area contributed by atoms with Gasteiger partial charge < -0.3 is 5.11 Å². The van der Waals surface area contributed by atoms with Gasteiger partial charge in [0.15, 0.2) is 0 Å². The summed E-state index contributed by atoms with van der Waals surface area (Å²) < 4.78 is 0. The molecule has 0 aliphatic heterocycles. The number of carboxylic acid groups (broad SMARTS) is 1. The topological polar surface area (TPSA) is 54.4 Å². The average molecular weight is 184 g/mol. The third kappa shape index (κ3) is 6.08. The lowest BCUT2D eigenvalue weighted by Gasteiger charge is -2.06. The van der Waals surface area contributed by atoms with Crippen LogP contribution in [0.2, 0.25) is 0 Å². The van der Waals surface area contributed by atoms with E-state index in [-0.39, 0.29) is 18.1 Å². The molecule has 0 saturated heterocycles. The Morgan fingerprint density at radius 3 is 2.31 bits per heavy atom. The Kier molecular flexibility index (Phi) is 5.04. The van der Waals surface area contributed by atoms with E-state index in [9.17, 15) is 9.59 Å². The molecule has 0 aromatic rings. The standard InChI is InChI=1S/C10H16O3/c1-7(2)4-5-9(11)8(3)6-10(12)13/h8H,1,4-6H2,2-3H3,(H,12,13). The van der Waals surface area contributed by atoms with Gasteiger partial charge in [-0.15, -0.1) is 6.58 Å². The molecule has 74 valence electrons. The van der Waals surface area contributed by atoms with E-state index in [1.807, 2.05) is 6.92 Å². The van der Waals surface area contributed by atoms with Gasteiger partial charge in [-0.05, 0) is 13.3 Å². The second-order valence-corrected chi connectivity index (χ2v) is 3.42. The summed E-state index contributed by atoms with van der Waals surface area (Å²) in [5.41, 5.74) is 0.955. The van der Waals surface area contributed by atoms with Crippen molar-refractivity contribution in [3.8, 4) is 0 Å². The second-order valence-electron chi connectivity index (χ2n) is 3.42. The Morgan fingerprint density at radius 2 is 1.92 bits per heavy atom. The molecule has 0 radical (unpaired) electrons. The molecule has 0 aromatic carbocycles. The van der Waals surface area contributed by atoms with Crippen LogP contribution in [0.3, 0.4) is 0 Å². The lowest BCUT2D eigenvalue weighted by molar-refractivity contribution is -0.140. The second kappa shape index (κ2) is 5.51. The van der Waals surface area contributed by atoms with Crippen molar-refractivity contribution in [1.82, 2.24) is 0 Å². The van der Waals surface area contributed by atoms with Gasteiger partial charge >= 0.3 is 5.97 Å². The zero-order valence-electron chi connectivity index (χ0n) is 8.17. The van der Waals surface area contributed by atoms with Crippen molar-refractivity contribution in [2.24, 2.45) is 5.92 Å². The van der Waals surface area contributed by atoms with E-state index in [0.29, 0.717) is 12.8 Å². The fourth-order valence-electron chi connectivity index (χ4n) is 0.959. The summed E-state index contributed by atoms with van der Waals surface area (Å²) >= 11 is 0. The lowest BCUT2D eigenvalue weighted by atomic mass is 9.98. The van der Waals surface area contributed by atoms with Crippen molar-refractivity contribution in [1.29, 1.82) is 0 Å². The first-order valence-corrected chi connectivity index (χ1v) is 4.32. The van der Waals surface area contributed by atoms with Crippen LogP contribution in [0.5, 0.6) is 0 Å². The first-order valence-electron chi connectivity index (χ1n) is 4.32. The first-order chi connectivity index (χ1) is 5.93. The van der Waals surface area contributed by atoms with Crippen molar-refractivity contribution < 1.29 is 14.7 Å². The van der Waals surface area contributed by atoms with E-state index in [0.717, 1.165) is 5.57 Å². The highest BCUT2D eigenvalue weighted by Gasteiger charge is 2.15. The van der Waals surface area contributed by atoms with Gasteiger partial charge in [0.05, 0.1) is 6.42 Å². The molecule has 0 aliphatic carbocycles. The molecule has 0 amide bonds. The highest BCUT2D eigenvalue weighted by atomic mass is 16.4. The third-order valence-corrected chi connectivity index (χ3v) is 1.83. The molecule has 0 aromatic heterocycles. The van der Waals surface area contributed by atoms with E-state index in [1.165, 1.54) is 0 Å². The van der Waals surface area contributed by atoms with Crippen LogP contribution in [-0.4, -0.2) is 16.9 Å². The van der Waals surface area contributed by atoms with Gasteiger partial charge in [0.2, 0.25) is 0 Å². The Hall–Kier alpha value is -1.12. The summed E-state index contributed by atoms with van der Waals surface area (Å²) in [7, 11) is 0. The summed E-state index contributed by atoms with van der Waals surface area (Å²) in [5, 5.41) is 8.44. The predicted octanol–water partition coefficient (Wildman–Crippen LogP) is 2.02. The van der Waals surface area contributed by atoms with Gasteiger partial charge in [0.25, 0.3) is 0 Å². The minimum atomic E-state index is -0.920. The molecule has 0 heterocycles. The van der Waals surface area contributed by atoms with Gasteiger partial charge in [-0.3, -0.25) is 9.59 Å². The molecular weight excluding hydrogens is 168 g/mol. The zero-order chi connectivity index (χ0) is 10.4. The minimum Gasteiger partial charge on any atom is -0.481 e. The zero-order valence-corrected chi connectivity index (χ0v) is 8.17. The molecule has 1 atom stereocenters. The highest BCUT2D eigenvalue weighted by molar-refractivity contribution is 5.84. The molecule has 1 N–H and O–H groups in total. The van der Waals surface area contributed by atoms with Crippen LogP contribution in [0, 0.1) is 5.92 Å². The van der Waals surface area contributed by atoms with Crippen LogP contribution in [0.15, 0.2) is 12.2 Å². The molecule has 0 aliphatic rings. The average Bonchev–Trinajstić information content (AvgIpc) is 1.98. The highest BCUT2D eigenvalue weighted by Crippen LogP contribution is 2.10. The van der Waals surface area contributed by atoms with E-state index >= 15 is 0 Å².